The van der Waals surface area contributed by atoms with Crippen LogP contribution < -0.4 is 5.56 Å². The molecule has 5 nitrogen and oxygen atoms in total. The van der Waals surface area contributed by atoms with Gasteiger partial charge >= 0.3 is 0 Å². The van der Waals surface area contributed by atoms with E-state index in [1.165, 1.54) is 5.56 Å². The van der Waals surface area contributed by atoms with Crippen LogP contribution in [-0.2, 0) is 30.7 Å². The Morgan fingerprint density at radius 3 is 3.05 bits per heavy atom. The van der Waals surface area contributed by atoms with Crippen LogP contribution in [0.5, 0.6) is 0 Å². The number of hydrogen-bond donors (Lipinski definition) is 0. The summed E-state index contributed by atoms with van der Waals surface area (Å²) in [7, 11) is 0. The number of pyridine rings is 1. The van der Waals surface area contributed by atoms with Gasteiger partial charge in [0.1, 0.15) is 0 Å². The van der Waals surface area contributed by atoms with E-state index in [0.29, 0.717) is 12.1 Å². The van der Waals surface area contributed by atoms with E-state index in [2.05, 4.69) is 17.9 Å². The van der Waals surface area contributed by atoms with Crippen LogP contribution in [0, 0.1) is 11.3 Å². The summed E-state index contributed by atoms with van der Waals surface area (Å²) in [5.74, 6) is 0. The highest BCUT2D eigenvalue weighted by atomic mass is 16.5. The molecule has 0 bridgehead atoms. The molecule has 1 aromatic rings. The Morgan fingerprint density at radius 1 is 1.50 bits per heavy atom. The number of nitriles is 1. The van der Waals surface area contributed by atoms with E-state index in [1.807, 2.05) is 10.6 Å². The zero-order valence-corrected chi connectivity index (χ0v) is 13.2. The van der Waals surface area contributed by atoms with Gasteiger partial charge in [0.2, 0.25) is 0 Å². The molecule has 2 aliphatic rings. The van der Waals surface area contributed by atoms with Crippen LogP contribution >= 0.6 is 0 Å². The highest BCUT2D eigenvalue weighted by Gasteiger charge is 2.24. The summed E-state index contributed by atoms with van der Waals surface area (Å²) in [6, 6.07) is 4.07. The van der Waals surface area contributed by atoms with Crippen LogP contribution in [0.1, 0.15) is 36.6 Å². The van der Waals surface area contributed by atoms with Crippen molar-refractivity contribution in [2.24, 2.45) is 0 Å². The molecule has 0 aromatic carbocycles. The van der Waals surface area contributed by atoms with Gasteiger partial charge in [0.05, 0.1) is 25.1 Å². The van der Waals surface area contributed by atoms with Crippen molar-refractivity contribution in [1.82, 2.24) is 9.47 Å². The molecule has 0 radical (unpaired) electrons. The normalized spacial score (nSPS) is 21.5. The minimum absolute atomic E-state index is 0.000693. The summed E-state index contributed by atoms with van der Waals surface area (Å²) in [5, 5.41) is 8.99. The van der Waals surface area contributed by atoms with Crippen molar-refractivity contribution in [3.8, 4) is 6.07 Å². The Bertz CT molecular complexity index is 639. The molecular weight excluding hydrogens is 278 g/mol. The quantitative estimate of drug-likeness (QED) is 0.845. The molecule has 1 atom stereocenters. The fourth-order valence-electron chi connectivity index (χ4n) is 3.51. The number of fused-ring (bicyclic) bond motifs is 1. The standard InChI is InChI=1S/C17H23N3O2/c1-2-19-8-6-16-14(11-19)10-13(5-7-18)17(21)20(16)12-15-4-3-9-22-15/h10,15H,2-6,8-9,11-12H2,1H3. The predicted octanol–water partition coefficient (Wildman–Crippen LogP) is 1.47. The van der Waals surface area contributed by atoms with Gasteiger partial charge in [-0.1, -0.05) is 6.92 Å². The SMILES string of the molecule is CCN1CCc2c(cc(CC#N)c(=O)n2CC2CCCO2)C1. The smallest absolute Gasteiger partial charge is 0.255 e. The fraction of sp³-hybridized carbons (Fsp3) is 0.647. The van der Waals surface area contributed by atoms with Gasteiger partial charge in [-0.15, -0.1) is 0 Å². The molecule has 0 amide bonds. The third-order valence-corrected chi connectivity index (χ3v) is 4.75. The predicted molar refractivity (Wildman–Crippen MR) is 83.6 cm³/mol. The summed E-state index contributed by atoms with van der Waals surface area (Å²) < 4.78 is 7.60. The lowest BCUT2D eigenvalue weighted by molar-refractivity contribution is 0.0947. The van der Waals surface area contributed by atoms with E-state index in [9.17, 15) is 4.79 Å². The highest BCUT2D eigenvalue weighted by Crippen LogP contribution is 2.21. The molecule has 3 heterocycles. The number of rotatable bonds is 4. The van der Waals surface area contributed by atoms with E-state index < -0.39 is 0 Å². The number of hydrogen-bond acceptors (Lipinski definition) is 4. The van der Waals surface area contributed by atoms with Crippen LogP contribution in [-0.4, -0.2) is 35.3 Å². The first kappa shape index (κ1) is 15.3. The Kier molecular flexibility index (Phi) is 4.60. The molecule has 0 spiro atoms. The van der Waals surface area contributed by atoms with E-state index in [1.54, 1.807) is 0 Å². The highest BCUT2D eigenvalue weighted by molar-refractivity contribution is 5.30. The van der Waals surface area contributed by atoms with E-state index in [0.717, 1.165) is 51.2 Å². The molecule has 1 fully saturated rings. The Labute approximate surface area is 131 Å². The molecule has 0 aliphatic carbocycles. The molecule has 3 rings (SSSR count). The molecule has 1 unspecified atom stereocenters. The summed E-state index contributed by atoms with van der Waals surface area (Å²) in [6.07, 6.45) is 3.32. The van der Waals surface area contributed by atoms with Crippen molar-refractivity contribution in [2.75, 3.05) is 19.7 Å². The number of aromatic nitrogens is 1. The van der Waals surface area contributed by atoms with Crippen molar-refractivity contribution in [1.29, 1.82) is 5.26 Å². The lowest BCUT2D eigenvalue weighted by Crippen LogP contribution is -2.38. The number of ether oxygens (including phenoxy) is 1. The first-order chi connectivity index (χ1) is 10.7. The zero-order valence-electron chi connectivity index (χ0n) is 13.2. The monoisotopic (exact) mass is 301 g/mol. The molecular formula is C17H23N3O2. The van der Waals surface area contributed by atoms with Gasteiger partial charge in [0.15, 0.2) is 0 Å². The van der Waals surface area contributed by atoms with Gasteiger partial charge in [-0.3, -0.25) is 9.69 Å². The minimum Gasteiger partial charge on any atom is -0.376 e. The topological polar surface area (TPSA) is 58.3 Å². The maximum atomic E-state index is 12.7. The Morgan fingerprint density at radius 2 is 2.36 bits per heavy atom. The Hall–Kier alpha value is -1.64. The third kappa shape index (κ3) is 2.94. The van der Waals surface area contributed by atoms with Crippen molar-refractivity contribution in [2.45, 2.75) is 51.8 Å². The van der Waals surface area contributed by atoms with Crippen molar-refractivity contribution in [3.05, 3.63) is 33.2 Å². The lowest BCUT2D eigenvalue weighted by atomic mass is 10.0. The van der Waals surface area contributed by atoms with Gasteiger partial charge in [-0.05, 0) is 31.0 Å². The summed E-state index contributed by atoms with van der Waals surface area (Å²) in [6.45, 7) is 6.46. The van der Waals surface area contributed by atoms with Gasteiger partial charge < -0.3 is 9.30 Å². The fourth-order valence-corrected chi connectivity index (χ4v) is 3.51. The summed E-state index contributed by atoms with van der Waals surface area (Å²) >= 11 is 0. The van der Waals surface area contributed by atoms with Crippen LogP contribution in [0.2, 0.25) is 0 Å². The van der Waals surface area contributed by atoms with Crippen LogP contribution in [0.25, 0.3) is 0 Å². The minimum atomic E-state index is 0.000693. The van der Waals surface area contributed by atoms with Gasteiger partial charge in [-0.25, -0.2) is 0 Å². The summed E-state index contributed by atoms with van der Waals surface area (Å²) in [4.78, 5) is 15.1. The maximum absolute atomic E-state index is 12.7. The van der Waals surface area contributed by atoms with Crippen molar-refractivity contribution >= 4 is 0 Å². The number of likely N-dealkylation sites (N-methyl/N-ethyl adjacent to an activating group) is 1. The maximum Gasteiger partial charge on any atom is 0.255 e. The van der Waals surface area contributed by atoms with Crippen LogP contribution in [0.3, 0.4) is 0 Å². The molecule has 22 heavy (non-hydrogen) atoms. The van der Waals surface area contributed by atoms with Crippen LogP contribution in [0.15, 0.2) is 10.9 Å². The molecule has 2 aliphatic heterocycles. The molecule has 1 aromatic heterocycles. The number of nitrogens with zero attached hydrogens (tertiary/aromatic N) is 3. The molecule has 0 saturated carbocycles. The average molecular weight is 301 g/mol. The second kappa shape index (κ2) is 6.64. The lowest BCUT2D eigenvalue weighted by Gasteiger charge is -2.30. The van der Waals surface area contributed by atoms with Gasteiger partial charge in [0, 0.05) is 37.4 Å². The Balaban J connectivity index is 2.00. The first-order valence-electron chi connectivity index (χ1n) is 8.18. The second-order valence-electron chi connectivity index (χ2n) is 6.15. The van der Waals surface area contributed by atoms with E-state index in [4.69, 9.17) is 10.00 Å². The average Bonchev–Trinajstić information content (AvgIpc) is 3.04. The van der Waals surface area contributed by atoms with Crippen molar-refractivity contribution in [3.63, 3.8) is 0 Å². The molecule has 5 heteroatoms. The summed E-state index contributed by atoms with van der Waals surface area (Å²) in [5.41, 5.74) is 2.97. The molecule has 0 N–H and O–H groups in total. The van der Waals surface area contributed by atoms with Gasteiger partial charge in [-0.2, -0.15) is 5.26 Å². The molecule has 118 valence electrons. The second-order valence-corrected chi connectivity index (χ2v) is 6.15. The third-order valence-electron chi connectivity index (χ3n) is 4.75. The largest absolute Gasteiger partial charge is 0.376 e. The zero-order chi connectivity index (χ0) is 15.5. The molecule has 1 saturated heterocycles. The van der Waals surface area contributed by atoms with Gasteiger partial charge in [0.25, 0.3) is 5.56 Å². The van der Waals surface area contributed by atoms with E-state index in [-0.39, 0.29) is 18.1 Å². The van der Waals surface area contributed by atoms with E-state index >= 15 is 0 Å². The van der Waals surface area contributed by atoms with Crippen molar-refractivity contribution < 1.29 is 4.74 Å². The van der Waals surface area contributed by atoms with Crippen LogP contribution in [0.4, 0.5) is 0 Å². The first-order valence-corrected chi connectivity index (χ1v) is 8.18.